The second-order valence-electron chi connectivity index (χ2n) is 6.72. The molecule has 5 rings (SSSR count). The Balaban J connectivity index is 1.22. The summed E-state index contributed by atoms with van der Waals surface area (Å²) in [6, 6.07) is 25.7. The van der Waals surface area contributed by atoms with Gasteiger partial charge in [0.15, 0.2) is 5.65 Å². The fraction of sp³-hybridized carbons (Fsp3) is 0.0435. The highest BCUT2D eigenvalue weighted by molar-refractivity contribution is 6.03. The summed E-state index contributed by atoms with van der Waals surface area (Å²) in [5.41, 5.74) is 7.27. The predicted molar refractivity (Wildman–Crippen MR) is 118 cm³/mol. The Labute approximate surface area is 172 Å². The molecule has 30 heavy (non-hydrogen) atoms. The highest BCUT2D eigenvalue weighted by atomic mass is 16.5. The number of para-hydroxylation sites is 1. The van der Waals surface area contributed by atoms with Gasteiger partial charge in [-0.25, -0.2) is 5.43 Å². The molecule has 0 unspecified atom stereocenters. The van der Waals surface area contributed by atoms with Crippen LogP contribution in [-0.4, -0.2) is 26.4 Å². The van der Waals surface area contributed by atoms with E-state index in [0.717, 1.165) is 33.3 Å². The van der Waals surface area contributed by atoms with Gasteiger partial charge in [-0.2, -0.15) is 10.1 Å². The van der Waals surface area contributed by atoms with Crippen LogP contribution in [0.4, 0.5) is 5.95 Å². The SMILES string of the molecule is C(=N\Nc1nnc2c(n1)[nH]c1ccccc12)/c1ccc(OCc2ccccc2)cc1. The monoisotopic (exact) mass is 394 g/mol. The number of hydrazone groups is 1. The molecule has 0 spiro atoms. The van der Waals surface area contributed by atoms with E-state index in [1.54, 1.807) is 6.21 Å². The molecule has 0 saturated heterocycles. The number of hydrogen-bond donors (Lipinski definition) is 2. The largest absolute Gasteiger partial charge is 0.489 e. The van der Waals surface area contributed by atoms with Crippen molar-refractivity contribution in [2.24, 2.45) is 5.10 Å². The van der Waals surface area contributed by atoms with Crippen LogP contribution in [0.15, 0.2) is 84.0 Å². The second-order valence-corrected chi connectivity index (χ2v) is 6.72. The topological polar surface area (TPSA) is 88.1 Å². The number of nitrogens with one attached hydrogen (secondary N) is 2. The minimum Gasteiger partial charge on any atom is -0.489 e. The van der Waals surface area contributed by atoms with Crippen LogP contribution in [0.3, 0.4) is 0 Å². The number of nitrogens with zero attached hydrogens (tertiary/aromatic N) is 4. The van der Waals surface area contributed by atoms with Gasteiger partial charge in [0, 0.05) is 10.9 Å². The summed E-state index contributed by atoms with van der Waals surface area (Å²) in [5.74, 6) is 1.13. The Hall–Kier alpha value is -4.26. The van der Waals surface area contributed by atoms with Crippen molar-refractivity contribution in [1.82, 2.24) is 20.2 Å². The van der Waals surface area contributed by atoms with E-state index >= 15 is 0 Å². The Bertz CT molecular complexity index is 1310. The molecule has 146 valence electrons. The van der Waals surface area contributed by atoms with Gasteiger partial charge in [0.1, 0.15) is 17.9 Å². The van der Waals surface area contributed by atoms with Crippen molar-refractivity contribution in [2.45, 2.75) is 6.61 Å². The summed E-state index contributed by atoms with van der Waals surface area (Å²) in [7, 11) is 0. The molecule has 0 saturated carbocycles. The number of fused-ring (bicyclic) bond motifs is 3. The summed E-state index contributed by atoms with van der Waals surface area (Å²) in [4.78, 5) is 7.67. The first-order chi connectivity index (χ1) is 14.8. The molecule has 3 aromatic carbocycles. The van der Waals surface area contributed by atoms with Gasteiger partial charge in [0.05, 0.1) is 6.21 Å². The molecule has 0 aliphatic carbocycles. The number of benzene rings is 3. The summed E-state index contributed by atoms with van der Waals surface area (Å²) in [6.07, 6.45) is 1.69. The van der Waals surface area contributed by atoms with Gasteiger partial charge in [-0.15, -0.1) is 10.2 Å². The molecule has 0 amide bonds. The minimum atomic E-state index is 0.327. The van der Waals surface area contributed by atoms with E-state index in [1.165, 1.54) is 0 Å². The van der Waals surface area contributed by atoms with Crippen LogP contribution in [-0.2, 0) is 6.61 Å². The molecule has 2 N–H and O–H groups in total. The summed E-state index contributed by atoms with van der Waals surface area (Å²) >= 11 is 0. The van der Waals surface area contributed by atoms with Crippen LogP contribution < -0.4 is 10.2 Å². The van der Waals surface area contributed by atoms with Crippen molar-refractivity contribution >= 4 is 34.2 Å². The highest BCUT2D eigenvalue weighted by Gasteiger charge is 2.07. The van der Waals surface area contributed by atoms with Crippen molar-refractivity contribution < 1.29 is 4.74 Å². The molecule has 2 aromatic heterocycles. The standard InChI is InChI=1S/C23H18N6O/c1-2-6-17(7-3-1)15-30-18-12-10-16(11-13-18)14-24-28-23-26-22-21(27-29-23)19-8-4-5-9-20(19)25-22/h1-14H,15H2,(H2,25,26,28,29)/b24-14+. The average Bonchev–Trinajstić information content (AvgIpc) is 3.17. The van der Waals surface area contributed by atoms with E-state index in [9.17, 15) is 0 Å². The normalized spacial score (nSPS) is 11.3. The van der Waals surface area contributed by atoms with E-state index in [2.05, 4.69) is 30.7 Å². The van der Waals surface area contributed by atoms with Gasteiger partial charge in [-0.1, -0.05) is 48.5 Å². The van der Waals surface area contributed by atoms with Gasteiger partial charge < -0.3 is 9.72 Å². The number of anilines is 1. The summed E-state index contributed by atoms with van der Waals surface area (Å²) < 4.78 is 5.79. The molecule has 0 aliphatic rings. The Morgan fingerprint density at radius 2 is 1.70 bits per heavy atom. The lowest BCUT2D eigenvalue weighted by atomic mass is 10.2. The van der Waals surface area contributed by atoms with E-state index < -0.39 is 0 Å². The first-order valence-corrected chi connectivity index (χ1v) is 9.52. The molecular formula is C23H18N6O. The molecular weight excluding hydrogens is 376 g/mol. The lowest BCUT2D eigenvalue weighted by Crippen LogP contribution is -1.99. The zero-order chi connectivity index (χ0) is 20.2. The van der Waals surface area contributed by atoms with E-state index in [4.69, 9.17) is 4.74 Å². The first kappa shape index (κ1) is 17.8. The predicted octanol–water partition coefficient (Wildman–Crippen LogP) is 4.53. The fourth-order valence-electron chi connectivity index (χ4n) is 3.12. The molecule has 2 heterocycles. The Kier molecular flexibility index (Phi) is 4.75. The molecule has 0 aliphatic heterocycles. The first-order valence-electron chi connectivity index (χ1n) is 9.52. The van der Waals surface area contributed by atoms with Crippen LogP contribution in [0.2, 0.25) is 0 Å². The van der Waals surface area contributed by atoms with E-state index in [0.29, 0.717) is 18.2 Å². The molecule has 5 aromatic rings. The van der Waals surface area contributed by atoms with Crippen LogP contribution in [0.1, 0.15) is 11.1 Å². The Morgan fingerprint density at radius 3 is 2.57 bits per heavy atom. The molecule has 7 nitrogen and oxygen atoms in total. The third-order valence-electron chi connectivity index (χ3n) is 4.63. The number of rotatable bonds is 6. The van der Waals surface area contributed by atoms with Crippen LogP contribution >= 0.6 is 0 Å². The molecule has 0 fully saturated rings. The number of hydrogen-bond acceptors (Lipinski definition) is 6. The van der Waals surface area contributed by atoms with Crippen LogP contribution in [0.25, 0.3) is 22.1 Å². The van der Waals surface area contributed by atoms with Crippen LogP contribution in [0, 0.1) is 0 Å². The Morgan fingerprint density at radius 1 is 0.900 bits per heavy atom. The average molecular weight is 394 g/mol. The maximum absolute atomic E-state index is 5.79. The lowest BCUT2D eigenvalue weighted by molar-refractivity contribution is 0.306. The second kappa shape index (κ2) is 8.00. The lowest BCUT2D eigenvalue weighted by Gasteiger charge is -2.06. The fourth-order valence-corrected chi connectivity index (χ4v) is 3.12. The maximum atomic E-state index is 5.79. The zero-order valence-corrected chi connectivity index (χ0v) is 16.0. The smallest absolute Gasteiger partial charge is 0.265 e. The molecule has 0 radical (unpaired) electrons. The third kappa shape index (κ3) is 3.81. The molecule has 0 bridgehead atoms. The molecule has 0 atom stereocenters. The van der Waals surface area contributed by atoms with Crippen molar-refractivity contribution in [3.8, 4) is 5.75 Å². The van der Waals surface area contributed by atoms with Gasteiger partial charge in [0.2, 0.25) is 0 Å². The van der Waals surface area contributed by atoms with Gasteiger partial charge in [-0.3, -0.25) is 0 Å². The highest BCUT2D eigenvalue weighted by Crippen LogP contribution is 2.21. The van der Waals surface area contributed by atoms with Gasteiger partial charge in [-0.05, 0) is 41.5 Å². The minimum absolute atomic E-state index is 0.327. The number of ether oxygens (including phenoxy) is 1. The van der Waals surface area contributed by atoms with Gasteiger partial charge >= 0.3 is 0 Å². The van der Waals surface area contributed by atoms with Crippen molar-refractivity contribution in [1.29, 1.82) is 0 Å². The molecule has 7 heteroatoms. The number of aromatic amines is 1. The summed E-state index contributed by atoms with van der Waals surface area (Å²) in [6.45, 7) is 0.538. The zero-order valence-electron chi connectivity index (χ0n) is 16.0. The number of aromatic nitrogens is 4. The van der Waals surface area contributed by atoms with Crippen molar-refractivity contribution in [2.75, 3.05) is 5.43 Å². The quantitative estimate of drug-likeness (QED) is 0.326. The van der Waals surface area contributed by atoms with Crippen molar-refractivity contribution in [3.63, 3.8) is 0 Å². The van der Waals surface area contributed by atoms with Crippen molar-refractivity contribution in [3.05, 3.63) is 90.0 Å². The van der Waals surface area contributed by atoms with Crippen LogP contribution in [0.5, 0.6) is 5.75 Å². The van der Waals surface area contributed by atoms with Gasteiger partial charge in [0.25, 0.3) is 5.95 Å². The number of H-pyrrole nitrogens is 1. The summed E-state index contributed by atoms with van der Waals surface area (Å²) in [5, 5.41) is 13.6. The maximum Gasteiger partial charge on any atom is 0.265 e. The van der Waals surface area contributed by atoms with E-state index in [-0.39, 0.29) is 0 Å². The third-order valence-corrected chi connectivity index (χ3v) is 4.63. The van der Waals surface area contributed by atoms with E-state index in [1.807, 2.05) is 78.9 Å².